The van der Waals surface area contributed by atoms with Crippen LogP contribution in [0.4, 0.5) is 4.39 Å². The van der Waals surface area contributed by atoms with E-state index >= 15 is 0 Å². The molecule has 1 aromatic carbocycles. The first-order valence-corrected chi connectivity index (χ1v) is 4.88. The highest BCUT2D eigenvalue weighted by atomic mass is 19.1. The van der Waals surface area contributed by atoms with Gasteiger partial charge in [-0.25, -0.2) is 4.39 Å². The van der Waals surface area contributed by atoms with Gasteiger partial charge < -0.3 is 10.1 Å². The predicted molar refractivity (Wildman–Crippen MR) is 53.0 cm³/mol. The van der Waals surface area contributed by atoms with Crippen LogP contribution in [0.1, 0.15) is 12.0 Å². The third-order valence-corrected chi connectivity index (χ3v) is 2.50. The van der Waals surface area contributed by atoms with E-state index < -0.39 is 0 Å². The zero-order valence-corrected chi connectivity index (χ0v) is 8.22. The standard InChI is InChI=1S/C11H14FNO/c1-8-6-9(12)2-3-11(8)14-7-10-4-5-13-10/h2-3,6,10,13H,4-5,7H2,1H3. The average Bonchev–Trinajstić information content (AvgIpc) is 2.05. The lowest BCUT2D eigenvalue weighted by Gasteiger charge is -2.27. The first-order chi connectivity index (χ1) is 6.75. The quantitative estimate of drug-likeness (QED) is 0.795. The fourth-order valence-electron chi connectivity index (χ4n) is 1.46. The summed E-state index contributed by atoms with van der Waals surface area (Å²) in [5.74, 6) is 0.566. The van der Waals surface area contributed by atoms with Crippen LogP contribution in [0.3, 0.4) is 0 Å². The smallest absolute Gasteiger partial charge is 0.123 e. The van der Waals surface area contributed by atoms with Crippen LogP contribution in [0.25, 0.3) is 0 Å². The van der Waals surface area contributed by atoms with Gasteiger partial charge in [0.15, 0.2) is 0 Å². The van der Waals surface area contributed by atoms with E-state index in [1.807, 2.05) is 6.92 Å². The number of rotatable bonds is 3. The molecular formula is C11H14FNO. The fraction of sp³-hybridized carbons (Fsp3) is 0.455. The number of nitrogens with one attached hydrogen (secondary N) is 1. The van der Waals surface area contributed by atoms with Gasteiger partial charge in [-0.15, -0.1) is 0 Å². The first-order valence-electron chi connectivity index (χ1n) is 4.88. The van der Waals surface area contributed by atoms with Crippen LogP contribution in [0.15, 0.2) is 18.2 Å². The van der Waals surface area contributed by atoms with Crippen LogP contribution < -0.4 is 10.1 Å². The summed E-state index contributed by atoms with van der Waals surface area (Å²) in [6.45, 7) is 3.61. The molecule has 1 unspecified atom stereocenters. The van der Waals surface area contributed by atoms with E-state index in [1.165, 1.54) is 18.6 Å². The van der Waals surface area contributed by atoms with E-state index in [1.54, 1.807) is 6.07 Å². The molecule has 1 heterocycles. The predicted octanol–water partition coefficient (Wildman–Crippen LogP) is 1.87. The van der Waals surface area contributed by atoms with Crippen molar-refractivity contribution >= 4 is 0 Å². The maximum absolute atomic E-state index is 12.8. The minimum atomic E-state index is -0.211. The maximum Gasteiger partial charge on any atom is 0.123 e. The Labute approximate surface area is 83.1 Å². The summed E-state index contributed by atoms with van der Waals surface area (Å²) >= 11 is 0. The maximum atomic E-state index is 12.8. The van der Waals surface area contributed by atoms with Gasteiger partial charge in [0.05, 0.1) is 0 Å². The highest BCUT2D eigenvalue weighted by Gasteiger charge is 2.16. The Balaban J connectivity index is 1.94. The number of ether oxygens (including phenoxy) is 1. The Morgan fingerprint density at radius 2 is 2.36 bits per heavy atom. The Morgan fingerprint density at radius 3 is 2.93 bits per heavy atom. The highest BCUT2D eigenvalue weighted by Crippen LogP contribution is 2.19. The molecule has 1 atom stereocenters. The molecular weight excluding hydrogens is 181 g/mol. The van der Waals surface area contributed by atoms with Crippen LogP contribution in [0, 0.1) is 12.7 Å². The minimum absolute atomic E-state index is 0.211. The van der Waals surface area contributed by atoms with E-state index in [9.17, 15) is 4.39 Å². The zero-order valence-electron chi connectivity index (χ0n) is 8.22. The fourth-order valence-corrected chi connectivity index (χ4v) is 1.46. The number of benzene rings is 1. The van der Waals surface area contributed by atoms with Gasteiger partial charge in [0, 0.05) is 6.04 Å². The Morgan fingerprint density at radius 1 is 1.57 bits per heavy atom. The molecule has 0 bridgehead atoms. The van der Waals surface area contributed by atoms with Crippen LogP contribution in [-0.4, -0.2) is 19.2 Å². The summed E-state index contributed by atoms with van der Waals surface area (Å²) < 4.78 is 18.3. The molecule has 76 valence electrons. The molecule has 2 rings (SSSR count). The van der Waals surface area contributed by atoms with Gasteiger partial charge in [-0.05, 0) is 43.7 Å². The lowest BCUT2D eigenvalue weighted by atomic mass is 10.1. The van der Waals surface area contributed by atoms with Gasteiger partial charge in [-0.3, -0.25) is 0 Å². The van der Waals surface area contributed by atoms with Crippen molar-refractivity contribution in [3.05, 3.63) is 29.6 Å². The van der Waals surface area contributed by atoms with Gasteiger partial charge in [-0.2, -0.15) is 0 Å². The minimum Gasteiger partial charge on any atom is -0.492 e. The van der Waals surface area contributed by atoms with E-state index in [0.29, 0.717) is 12.6 Å². The molecule has 1 aliphatic rings. The summed E-state index contributed by atoms with van der Waals surface area (Å²) in [4.78, 5) is 0. The van der Waals surface area contributed by atoms with Gasteiger partial charge in [0.1, 0.15) is 18.2 Å². The molecule has 0 spiro atoms. The van der Waals surface area contributed by atoms with Crippen molar-refractivity contribution in [1.29, 1.82) is 0 Å². The first kappa shape index (κ1) is 9.46. The molecule has 0 amide bonds. The monoisotopic (exact) mass is 195 g/mol. The van der Waals surface area contributed by atoms with E-state index in [4.69, 9.17) is 4.74 Å². The molecule has 0 saturated carbocycles. The Hall–Kier alpha value is -1.09. The summed E-state index contributed by atoms with van der Waals surface area (Å²) in [7, 11) is 0. The van der Waals surface area contributed by atoms with Crippen molar-refractivity contribution in [2.75, 3.05) is 13.2 Å². The number of hydrogen-bond acceptors (Lipinski definition) is 2. The van der Waals surface area contributed by atoms with Crippen LogP contribution in [0.2, 0.25) is 0 Å². The molecule has 1 N–H and O–H groups in total. The van der Waals surface area contributed by atoms with E-state index in [-0.39, 0.29) is 5.82 Å². The summed E-state index contributed by atoms with van der Waals surface area (Å²) in [6.07, 6.45) is 1.17. The second-order valence-electron chi connectivity index (χ2n) is 3.66. The van der Waals surface area contributed by atoms with Crippen molar-refractivity contribution in [2.24, 2.45) is 0 Å². The molecule has 1 saturated heterocycles. The van der Waals surface area contributed by atoms with Gasteiger partial charge in [0.2, 0.25) is 0 Å². The second-order valence-corrected chi connectivity index (χ2v) is 3.66. The summed E-state index contributed by atoms with van der Waals surface area (Å²) in [5.41, 5.74) is 0.851. The van der Waals surface area contributed by atoms with Crippen molar-refractivity contribution in [3.8, 4) is 5.75 Å². The molecule has 0 aliphatic carbocycles. The van der Waals surface area contributed by atoms with E-state index in [2.05, 4.69) is 5.32 Å². The largest absolute Gasteiger partial charge is 0.492 e. The van der Waals surface area contributed by atoms with Crippen molar-refractivity contribution in [2.45, 2.75) is 19.4 Å². The van der Waals surface area contributed by atoms with Crippen LogP contribution in [-0.2, 0) is 0 Å². The van der Waals surface area contributed by atoms with Crippen molar-refractivity contribution in [1.82, 2.24) is 5.32 Å². The summed E-state index contributed by atoms with van der Waals surface area (Å²) in [5, 5.41) is 3.25. The zero-order chi connectivity index (χ0) is 9.97. The topological polar surface area (TPSA) is 21.3 Å². The lowest BCUT2D eigenvalue weighted by Crippen LogP contribution is -2.46. The molecule has 1 aliphatic heterocycles. The number of hydrogen-bond donors (Lipinski definition) is 1. The lowest BCUT2D eigenvalue weighted by molar-refractivity contribution is 0.216. The number of halogens is 1. The third kappa shape index (κ3) is 2.04. The Bertz CT molecular complexity index is 323. The van der Waals surface area contributed by atoms with Gasteiger partial charge >= 0.3 is 0 Å². The number of aryl methyl sites for hydroxylation is 1. The molecule has 0 radical (unpaired) electrons. The summed E-state index contributed by atoms with van der Waals surface area (Å²) in [6, 6.07) is 5.07. The molecule has 1 aromatic rings. The van der Waals surface area contributed by atoms with Gasteiger partial charge in [-0.1, -0.05) is 0 Å². The second kappa shape index (κ2) is 3.96. The molecule has 0 aromatic heterocycles. The van der Waals surface area contributed by atoms with Gasteiger partial charge in [0.25, 0.3) is 0 Å². The molecule has 14 heavy (non-hydrogen) atoms. The third-order valence-electron chi connectivity index (χ3n) is 2.50. The molecule has 1 fully saturated rings. The normalized spacial score (nSPS) is 20.3. The molecule has 3 heteroatoms. The van der Waals surface area contributed by atoms with Crippen LogP contribution >= 0.6 is 0 Å². The van der Waals surface area contributed by atoms with Crippen molar-refractivity contribution in [3.63, 3.8) is 0 Å². The SMILES string of the molecule is Cc1cc(F)ccc1OCC1CCN1. The van der Waals surface area contributed by atoms with Crippen LogP contribution in [0.5, 0.6) is 5.75 Å². The highest BCUT2D eigenvalue weighted by molar-refractivity contribution is 5.32. The average molecular weight is 195 g/mol. The molecule has 2 nitrogen and oxygen atoms in total. The Kier molecular flexibility index (Phi) is 2.68. The van der Waals surface area contributed by atoms with E-state index in [0.717, 1.165) is 17.9 Å². The van der Waals surface area contributed by atoms with Crippen molar-refractivity contribution < 1.29 is 9.13 Å².